The van der Waals surface area contributed by atoms with E-state index in [-0.39, 0.29) is 22.7 Å². The summed E-state index contributed by atoms with van der Waals surface area (Å²) in [5.41, 5.74) is 0.944. The number of hydrogen-bond acceptors (Lipinski definition) is 6. The Labute approximate surface area is 184 Å². The number of sulfone groups is 1. The largest absolute Gasteiger partial charge is 0.376 e. The van der Waals surface area contributed by atoms with Crippen molar-refractivity contribution in [1.29, 1.82) is 0 Å². The summed E-state index contributed by atoms with van der Waals surface area (Å²) in [6.07, 6.45) is 1.72. The number of para-hydroxylation sites is 1. The predicted molar refractivity (Wildman–Crippen MR) is 119 cm³/mol. The highest BCUT2D eigenvalue weighted by Crippen LogP contribution is 2.34. The predicted octanol–water partition coefficient (Wildman–Crippen LogP) is 4.57. The first-order valence-electron chi connectivity index (χ1n) is 9.70. The molecule has 30 heavy (non-hydrogen) atoms. The van der Waals surface area contributed by atoms with E-state index in [4.69, 9.17) is 16.3 Å². The molecule has 0 saturated carbocycles. The number of rotatable bonds is 6. The lowest BCUT2D eigenvalue weighted by Gasteiger charge is -2.23. The van der Waals surface area contributed by atoms with E-state index in [1.54, 1.807) is 30.0 Å². The standard InChI is InChI=1S/C21H21ClN2O4S2/c1-2-30(26,27)16-8-3-6-14(12-16)20(25)24(13-15-7-5-11-28-15)21-23-19-17(22)9-4-10-18(19)29-21/h3-4,6,8-10,12,15H,2,5,7,11,13H2,1H3. The third kappa shape index (κ3) is 4.23. The molecule has 1 aliphatic rings. The summed E-state index contributed by atoms with van der Waals surface area (Å²) in [6, 6.07) is 11.7. The number of carbonyl (C=O) groups excluding carboxylic acids is 1. The highest BCUT2D eigenvalue weighted by molar-refractivity contribution is 7.91. The number of fused-ring (bicyclic) bond motifs is 1. The van der Waals surface area contributed by atoms with Crippen LogP contribution in [0.5, 0.6) is 0 Å². The molecule has 1 aromatic heterocycles. The van der Waals surface area contributed by atoms with Gasteiger partial charge in [0.05, 0.1) is 33.0 Å². The number of ether oxygens (including phenoxy) is 1. The lowest BCUT2D eigenvalue weighted by molar-refractivity contribution is 0.0917. The Balaban J connectivity index is 1.74. The molecule has 0 spiro atoms. The van der Waals surface area contributed by atoms with Crippen LogP contribution in [0.3, 0.4) is 0 Å². The van der Waals surface area contributed by atoms with Gasteiger partial charge in [-0.15, -0.1) is 0 Å². The first-order chi connectivity index (χ1) is 14.4. The lowest BCUT2D eigenvalue weighted by atomic mass is 10.2. The minimum absolute atomic E-state index is 0.0271. The minimum Gasteiger partial charge on any atom is -0.376 e. The zero-order valence-electron chi connectivity index (χ0n) is 16.4. The average molecular weight is 465 g/mol. The number of hydrogen-bond donors (Lipinski definition) is 0. The average Bonchev–Trinajstić information content (AvgIpc) is 3.42. The Morgan fingerprint density at radius 3 is 2.80 bits per heavy atom. The monoisotopic (exact) mass is 464 g/mol. The molecule has 6 nitrogen and oxygen atoms in total. The summed E-state index contributed by atoms with van der Waals surface area (Å²) < 4.78 is 31.2. The van der Waals surface area contributed by atoms with E-state index in [9.17, 15) is 13.2 Å². The number of carbonyl (C=O) groups is 1. The number of benzene rings is 2. The second-order valence-electron chi connectivity index (χ2n) is 7.07. The lowest BCUT2D eigenvalue weighted by Crippen LogP contribution is -2.37. The van der Waals surface area contributed by atoms with Gasteiger partial charge in [-0.3, -0.25) is 9.69 Å². The van der Waals surface area contributed by atoms with Crippen molar-refractivity contribution in [2.75, 3.05) is 23.8 Å². The van der Waals surface area contributed by atoms with E-state index < -0.39 is 9.84 Å². The Kier molecular flexibility index (Phi) is 6.11. The number of nitrogens with zero attached hydrogens (tertiary/aromatic N) is 2. The summed E-state index contributed by atoms with van der Waals surface area (Å²) in [5, 5.41) is 1.04. The van der Waals surface area contributed by atoms with E-state index in [2.05, 4.69) is 4.98 Å². The first-order valence-corrected chi connectivity index (χ1v) is 12.5. The van der Waals surface area contributed by atoms with Crippen molar-refractivity contribution in [2.45, 2.75) is 30.8 Å². The zero-order chi connectivity index (χ0) is 21.3. The molecule has 1 unspecified atom stereocenters. The zero-order valence-corrected chi connectivity index (χ0v) is 18.8. The van der Waals surface area contributed by atoms with E-state index in [0.29, 0.717) is 34.4 Å². The first kappa shape index (κ1) is 21.2. The molecule has 0 bridgehead atoms. The topological polar surface area (TPSA) is 76.6 Å². The number of thiazole rings is 1. The van der Waals surface area contributed by atoms with Crippen LogP contribution < -0.4 is 4.90 Å². The minimum atomic E-state index is -3.42. The maximum absolute atomic E-state index is 13.5. The molecular weight excluding hydrogens is 444 g/mol. The fourth-order valence-electron chi connectivity index (χ4n) is 3.40. The molecule has 1 saturated heterocycles. The number of amides is 1. The second kappa shape index (κ2) is 8.63. The van der Waals surface area contributed by atoms with Crippen molar-refractivity contribution in [3.8, 4) is 0 Å². The van der Waals surface area contributed by atoms with Crippen LogP contribution in [0.15, 0.2) is 47.4 Å². The smallest absolute Gasteiger partial charge is 0.260 e. The van der Waals surface area contributed by atoms with Crippen LogP contribution in [0.25, 0.3) is 10.2 Å². The van der Waals surface area contributed by atoms with Gasteiger partial charge in [0, 0.05) is 12.2 Å². The van der Waals surface area contributed by atoms with Gasteiger partial charge in [0.15, 0.2) is 15.0 Å². The SMILES string of the molecule is CCS(=O)(=O)c1cccc(C(=O)N(CC2CCCO2)c2nc3c(Cl)cccc3s2)c1. The summed E-state index contributed by atoms with van der Waals surface area (Å²) in [4.78, 5) is 19.8. The normalized spacial score (nSPS) is 16.8. The number of aromatic nitrogens is 1. The van der Waals surface area contributed by atoms with Gasteiger partial charge in [0.1, 0.15) is 5.52 Å². The summed E-state index contributed by atoms with van der Waals surface area (Å²) >= 11 is 7.65. The van der Waals surface area contributed by atoms with E-state index >= 15 is 0 Å². The maximum atomic E-state index is 13.5. The van der Waals surface area contributed by atoms with Crippen LogP contribution in [-0.2, 0) is 14.6 Å². The van der Waals surface area contributed by atoms with Crippen LogP contribution in [0.4, 0.5) is 5.13 Å². The van der Waals surface area contributed by atoms with E-state index in [0.717, 1.165) is 17.5 Å². The van der Waals surface area contributed by atoms with Crippen molar-refractivity contribution >= 4 is 54.0 Å². The van der Waals surface area contributed by atoms with Gasteiger partial charge >= 0.3 is 0 Å². The van der Waals surface area contributed by atoms with Crippen LogP contribution >= 0.6 is 22.9 Å². The van der Waals surface area contributed by atoms with E-state index in [1.807, 2.05) is 12.1 Å². The highest BCUT2D eigenvalue weighted by Gasteiger charge is 2.28. The van der Waals surface area contributed by atoms with Gasteiger partial charge in [-0.1, -0.05) is 42.0 Å². The van der Waals surface area contributed by atoms with Gasteiger partial charge in [-0.2, -0.15) is 0 Å². The molecule has 1 aliphatic heterocycles. The molecule has 2 heterocycles. The highest BCUT2D eigenvalue weighted by atomic mass is 35.5. The second-order valence-corrected chi connectivity index (χ2v) is 10.8. The van der Waals surface area contributed by atoms with Gasteiger partial charge in [-0.05, 0) is 43.2 Å². The molecule has 4 rings (SSSR count). The number of anilines is 1. The Hall–Kier alpha value is -2.00. The van der Waals surface area contributed by atoms with Crippen LogP contribution in [0.1, 0.15) is 30.1 Å². The van der Waals surface area contributed by atoms with Crippen molar-refractivity contribution < 1.29 is 17.9 Å². The molecule has 0 radical (unpaired) electrons. The Morgan fingerprint density at radius 1 is 1.30 bits per heavy atom. The fraction of sp³-hybridized carbons (Fsp3) is 0.333. The Morgan fingerprint density at radius 2 is 2.10 bits per heavy atom. The van der Waals surface area contributed by atoms with Gasteiger partial charge in [0.25, 0.3) is 5.91 Å². The van der Waals surface area contributed by atoms with Gasteiger partial charge in [-0.25, -0.2) is 13.4 Å². The van der Waals surface area contributed by atoms with Gasteiger partial charge < -0.3 is 4.74 Å². The van der Waals surface area contributed by atoms with Crippen LogP contribution in [-0.4, -0.2) is 44.3 Å². The van der Waals surface area contributed by atoms with Crippen molar-refractivity contribution in [3.63, 3.8) is 0 Å². The van der Waals surface area contributed by atoms with Crippen LogP contribution in [0.2, 0.25) is 5.02 Å². The molecule has 2 aromatic carbocycles. The molecule has 1 amide bonds. The molecule has 1 fully saturated rings. The molecule has 9 heteroatoms. The molecular formula is C21H21ClN2O4S2. The Bertz CT molecular complexity index is 1190. The maximum Gasteiger partial charge on any atom is 0.260 e. The molecule has 0 N–H and O–H groups in total. The van der Waals surface area contributed by atoms with E-state index in [1.165, 1.54) is 23.5 Å². The molecule has 158 valence electrons. The van der Waals surface area contributed by atoms with Crippen molar-refractivity contribution in [3.05, 3.63) is 53.1 Å². The molecule has 0 aliphatic carbocycles. The van der Waals surface area contributed by atoms with Gasteiger partial charge in [0.2, 0.25) is 0 Å². The third-order valence-corrected chi connectivity index (χ3v) is 8.15. The van der Waals surface area contributed by atoms with Crippen molar-refractivity contribution in [2.24, 2.45) is 0 Å². The van der Waals surface area contributed by atoms with Crippen molar-refractivity contribution in [1.82, 2.24) is 4.98 Å². The quantitative estimate of drug-likeness (QED) is 0.534. The molecule has 3 aromatic rings. The fourth-order valence-corrected chi connectivity index (χ4v) is 5.60. The summed E-state index contributed by atoms with van der Waals surface area (Å²) in [7, 11) is -3.42. The van der Waals surface area contributed by atoms with Crippen LogP contribution in [0, 0.1) is 0 Å². The summed E-state index contributed by atoms with van der Waals surface area (Å²) in [6.45, 7) is 2.60. The third-order valence-electron chi connectivity index (χ3n) is 5.06. The number of halogens is 1. The summed E-state index contributed by atoms with van der Waals surface area (Å²) in [5.74, 6) is -0.338. The molecule has 1 atom stereocenters.